The summed E-state index contributed by atoms with van der Waals surface area (Å²) in [5.41, 5.74) is 1.37. The molecule has 1 saturated heterocycles. The quantitative estimate of drug-likeness (QED) is 0.124. The summed E-state index contributed by atoms with van der Waals surface area (Å²) < 4.78 is 48.7. The fraction of sp³-hybridized carbons (Fsp3) is 0.353. The number of nitrogens with zero attached hydrogens (tertiary/aromatic N) is 1. The average molecular weight is 671 g/mol. The Hall–Kier alpha value is -5.08. The van der Waals surface area contributed by atoms with E-state index in [4.69, 9.17) is 28.7 Å². The first-order valence-corrected chi connectivity index (χ1v) is 15.0. The summed E-state index contributed by atoms with van der Waals surface area (Å²) in [5, 5.41) is 2.97. The Labute approximate surface area is 275 Å². The molecule has 48 heavy (non-hydrogen) atoms. The highest BCUT2D eigenvalue weighted by Crippen LogP contribution is 2.27. The van der Waals surface area contributed by atoms with Crippen LogP contribution in [0, 0.1) is 25.5 Å². The molecule has 1 atom stereocenters. The van der Waals surface area contributed by atoms with Gasteiger partial charge >= 0.3 is 12.1 Å². The van der Waals surface area contributed by atoms with Crippen LogP contribution in [0.25, 0.3) is 0 Å². The molecular formula is C34H36F2N2O10. The monoisotopic (exact) mass is 670 g/mol. The van der Waals surface area contributed by atoms with Gasteiger partial charge in [0.15, 0.2) is 19.4 Å². The van der Waals surface area contributed by atoms with E-state index in [0.29, 0.717) is 36.8 Å². The van der Waals surface area contributed by atoms with Gasteiger partial charge in [-0.15, -0.1) is 0 Å². The van der Waals surface area contributed by atoms with Gasteiger partial charge in [0.25, 0.3) is 5.91 Å². The third-order valence-corrected chi connectivity index (χ3v) is 7.46. The highest BCUT2D eigenvalue weighted by atomic mass is 19.1. The largest absolute Gasteiger partial charge is 0.467 e. The number of ketones is 1. The van der Waals surface area contributed by atoms with Crippen LogP contribution in [0.4, 0.5) is 13.6 Å². The molecule has 1 N–H and O–H groups in total. The molecule has 1 unspecified atom stereocenters. The third-order valence-electron chi connectivity index (χ3n) is 7.46. The van der Waals surface area contributed by atoms with E-state index < -0.39 is 35.0 Å². The van der Waals surface area contributed by atoms with Crippen LogP contribution in [0.15, 0.2) is 48.5 Å². The van der Waals surface area contributed by atoms with Gasteiger partial charge in [-0.25, -0.2) is 28.1 Å². The second-order valence-electron chi connectivity index (χ2n) is 11.0. The van der Waals surface area contributed by atoms with Gasteiger partial charge in [-0.3, -0.25) is 9.59 Å². The number of methoxy groups -OCH3 is 2. The van der Waals surface area contributed by atoms with Gasteiger partial charge in [0, 0.05) is 56.6 Å². The number of rotatable bonds is 11. The Morgan fingerprint density at radius 1 is 0.833 bits per heavy atom. The lowest BCUT2D eigenvalue weighted by molar-refractivity contribution is -0.192. The van der Waals surface area contributed by atoms with Gasteiger partial charge in [-0.05, 0) is 68.5 Å². The Morgan fingerprint density at radius 3 is 2.15 bits per heavy atom. The highest BCUT2D eigenvalue weighted by Gasteiger charge is 2.27. The van der Waals surface area contributed by atoms with Crippen molar-refractivity contribution in [3.63, 3.8) is 0 Å². The minimum Gasteiger partial charge on any atom is -0.467 e. The number of ether oxygens (including phenoxy) is 4. The topological polar surface area (TPSA) is 139 Å². The summed E-state index contributed by atoms with van der Waals surface area (Å²) >= 11 is 0. The first kappa shape index (κ1) is 35.8. The summed E-state index contributed by atoms with van der Waals surface area (Å²) in [6, 6.07) is 9.36. The molecule has 0 radical (unpaired) electrons. The standard InChI is InChI=1S/C34H36F2N2O10/c1-20-13-24(14-21(2)31(20)46-19-44-4)32(40)37-26-7-5-6-12-38(17-26)34(42)48-47-33(41)23-10-8-22(9-11-23)30(39)29-27(36)15-25(35)16-28(29)45-18-43-3/h8-11,13-16,26H,5-7,12,17-19H2,1-4H3,(H,37,40). The van der Waals surface area contributed by atoms with Gasteiger partial charge in [-0.1, -0.05) is 12.1 Å². The van der Waals surface area contributed by atoms with E-state index in [2.05, 4.69) is 5.32 Å². The summed E-state index contributed by atoms with van der Waals surface area (Å²) in [7, 11) is 2.83. The molecule has 2 amide bonds. The molecule has 256 valence electrons. The summed E-state index contributed by atoms with van der Waals surface area (Å²) in [4.78, 5) is 62.4. The van der Waals surface area contributed by atoms with Crippen molar-refractivity contribution in [2.45, 2.75) is 39.2 Å². The Bertz CT molecular complexity index is 1620. The number of hydrogen-bond acceptors (Lipinski definition) is 10. The lowest BCUT2D eigenvalue weighted by Gasteiger charge is -2.24. The zero-order chi connectivity index (χ0) is 34.8. The lowest BCUT2D eigenvalue weighted by Crippen LogP contribution is -2.45. The second kappa shape index (κ2) is 16.7. The van der Waals surface area contributed by atoms with Crippen LogP contribution in [0.5, 0.6) is 11.5 Å². The number of halogens is 2. The number of likely N-dealkylation sites (tertiary alicyclic amines) is 1. The van der Waals surface area contributed by atoms with E-state index in [9.17, 15) is 28.0 Å². The molecule has 3 aromatic carbocycles. The van der Waals surface area contributed by atoms with Crippen LogP contribution < -0.4 is 14.8 Å². The SMILES string of the molecule is COCOc1cc(F)cc(F)c1C(=O)c1ccc(C(=O)OOC(=O)N2CCCCC(NC(=O)c3cc(C)c(OCOC)c(C)c3)C2)cc1. The minimum absolute atomic E-state index is 0.0327. The Balaban J connectivity index is 1.34. The molecule has 1 aliphatic rings. The number of hydrogen-bond donors (Lipinski definition) is 1. The third kappa shape index (κ3) is 9.04. The van der Waals surface area contributed by atoms with Crippen LogP contribution in [0.2, 0.25) is 0 Å². The van der Waals surface area contributed by atoms with Gasteiger partial charge in [0.2, 0.25) is 0 Å². The maximum absolute atomic E-state index is 14.5. The maximum atomic E-state index is 14.5. The zero-order valence-corrected chi connectivity index (χ0v) is 26.9. The van der Waals surface area contributed by atoms with E-state index in [-0.39, 0.29) is 49.0 Å². The van der Waals surface area contributed by atoms with Crippen molar-refractivity contribution in [2.24, 2.45) is 0 Å². The highest BCUT2D eigenvalue weighted by molar-refractivity contribution is 6.11. The zero-order valence-electron chi connectivity index (χ0n) is 26.9. The molecular weight excluding hydrogens is 634 g/mol. The number of nitrogens with one attached hydrogen (secondary N) is 1. The molecule has 14 heteroatoms. The van der Waals surface area contributed by atoms with Crippen molar-refractivity contribution >= 4 is 23.8 Å². The van der Waals surface area contributed by atoms with Crippen LogP contribution >= 0.6 is 0 Å². The number of carbonyl (C=O) groups is 4. The molecule has 0 bridgehead atoms. The van der Waals surface area contributed by atoms with Crippen LogP contribution in [0.3, 0.4) is 0 Å². The van der Waals surface area contributed by atoms with E-state index in [1.165, 1.54) is 43.4 Å². The van der Waals surface area contributed by atoms with Crippen molar-refractivity contribution in [3.8, 4) is 11.5 Å². The Kier molecular flexibility index (Phi) is 12.4. The van der Waals surface area contributed by atoms with Crippen molar-refractivity contribution in [1.29, 1.82) is 0 Å². The molecule has 12 nitrogen and oxygen atoms in total. The molecule has 1 fully saturated rings. The normalized spacial score (nSPS) is 14.5. The number of amides is 2. The number of carbonyl (C=O) groups excluding carboxylic acids is 4. The van der Waals surface area contributed by atoms with Gasteiger partial charge in [0.1, 0.15) is 28.7 Å². The predicted molar refractivity (Wildman–Crippen MR) is 166 cm³/mol. The van der Waals surface area contributed by atoms with Gasteiger partial charge in [-0.2, -0.15) is 0 Å². The fourth-order valence-electron chi connectivity index (χ4n) is 5.20. The van der Waals surface area contributed by atoms with Crippen molar-refractivity contribution in [3.05, 3.63) is 93.5 Å². The van der Waals surface area contributed by atoms with Crippen LogP contribution in [-0.2, 0) is 19.2 Å². The maximum Gasteiger partial charge on any atom is 0.453 e. The smallest absolute Gasteiger partial charge is 0.453 e. The average Bonchev–Trinajstić information content (AvgIpc) is 3.30. The van der Waals surface area contributed by atoms with E-state index >= 15 is 0 Å². The van der Waals surface area contributed by atoms with Crippen LogP contribution in [-0.4, -0.2) is 75.6 Å². The summed E-state index contributed by atoms with van der Waals surface area (Å²) in [6.07, 6.45) is 1.08. The molecule has 1 heterocycles. The molecule has 0 aliphatic carbocycles. The lowest BCUT2D eigenvalue weighted by atomic mass is 10.0. The Morgan fingerprint density at radius 2 is 1.48 bits per heavy atom. The van der Waals surface area contributed by atoms with E-state index in [0.717, 1.165) is 23.6 Å². The summed E-state index contributed by atoms with van der Waals surface area (Å²) in [5.74, 6) is -3.95. The molecule has 0 aromatic heterocycles. The first-order valence-electron chi connectivity index (χ1n) is 15.0. The van der Waals surface area contributed by atoms with E-state index in [1.54, 1.807) is 12.1 Å². The van der Waals surface area contributed by atoms with Crippen molar-refractivity contribution in [1.82, 2.24) is 10.2 Å². The molecule has 0 spiro atoms. The molecule has 3 aromatic rings. The van der Waals surface area contributed by atoms with Crippen molar-refractivity contribution < 1.29 is 56.7 Å². The fourth-order valence-corrected chi connectivity index (χ4v) is 5.20. The molecule has 0 saturated carbocycles. The second-order valence-corrected chi connectivity index (χ2v) is 11.0. The van der Waals surface area contributed by atoms with Gasteiger partial charge in [0.05, 0.1) is 5.56 Å². The molecule has 1 aliphatic heterocycles. The minimum atomic E-state index is -1.13. The molecule has 4 rings (SSSR count). The van der Waals surface area contributed by atoms with E-state index in [1.807, 2.05) is 13.8 Å². The number of benzene rings is 3. The van der Waals surface area contributed by atoms with Crippen molar-refractivity contribution in [2.75, 3.05) is 40.9 Å². The van der Waals surface area contributed by atoms with Gasteiger partial charge < -0.3 is 29.2 Å². The van der Waals surface area contributed by atoms with Crippen LogP contribution in [0.1, 0.15) is 67.0 Å². The predicted octanol–water partition coefficient (Wildman–Crippen LogP) is 5.27. The summed E-state index contributed by atoms with van der Waals surface area (Å²) in [6.45, 7) is 3.84. The number of aryl methyl sites for hydroxylation is 2. The first-order chi connectivity index (χ1) is 23.0.